The minimum atomic E-state index is -3.71. The molecule has 1 aliphatic carbocycles. The lowest BCUT2D eigenvalue weighted by molar-refractivity contribution is -0.126. The van der Waals surface area contributed by atoms with Crippen LogP contribution in [0, 0.1) is 5.92 Å². The highest BCUT2D eigenvalue weighted by molar-refractivity contribution is 7.92. The third-order valence-electron chi connectivity index (χ3n) is 6.59. The van der Waals surface area contributed by atoms with Gasteiger partial charge in [0.15, 0.2) is 0 Å². The van der Waals surface area contributed by atoms with Crippen molar-refractivity contribution in [3.05, 3.63) is 71.8 Å². The van der Waals surface area contributed by atoms with Crippen LogP contribution in [-0.4, -0.2) is 44.8 Å². The smallest absolute Gasteiger partial charge is 0.261 e. The zero-order valence-corrected chi connectivity index (χ0v) is 20.1. The van der Waals surface area contributed by atoms with Gasteiger partial charge in [0.05, 0.1) is 4.90 Å². The van der Waals surface area contributed by atoms with Crippen LogP contribution >= 0.6 is 0 Å². The van der Waals surface area contributed by atoms with Gasteiger partial charge in [-0.2, -0.15) is 0 Å². The van der Waals surface area contributed by atoms with Gasteiger partial charge in [-0.1, -0.05) is 12.1 Å². The molecule has 1 saturated heterocycles. The second-order valence-corrected chi connectivity index (χ2v) is 10.6. The van der Waals surface area contributed by atoms with E-state index in [1.54, 1.807) is 47.4 Å². The molecular formula is C26H31N3O4S. The summed E-state index contributed by atoms with van der Waals surface area (Å²) in [6.07, 6.45) is 7.02. The van der Waals surface area contributed by atoms with Gasteiger partial charge < -0.3 is 10.2 Å². The number of nitrogens with zero attached hydrogens (tertiary/aromatic N) is 1. The van der Waals surface area contributed by atoms with Gasteiger partial charge >= 0.3 is 0 Å². The third-order valence-corrected chi connectivity index (χ3v) is 7.97. The maximum absolute atomic E-state index is 12.9. The lowest BCUT2D eigenvalue weighted by Crippen LogP contribution is -2.43. The van der Waals surface area contributed by atoms with Crippen molar-refractivity contribution in [2.75, 3.05) is 24.4 Å². The summed E-state index contributed by atoms with van der Waals surface area (Å²) in [5.74, 6) is -0.207. The van der Waals surface area contributed by atoms with E-state index >= 15 is 0 Å². The fourth-order valence-electron chi connectivity index (χ4n) is 4.62. The van der Waals surface area contributed by atoms with Crippen molar-refractivity contribution in [1.29, 1.82) is 0 Å². The number of anilines is 1. The number of nitrogens with one attached hydrogen (secondary N) is 2. The summed E-state index contributed by atoms with van der Waals surface area (Å²) in [7, 11) is -3.71. The molecule has 1 fully saturated rings. The summed E-state index contributed by atoms with van der Waals surface area (Å²) in [5.41, 5.74) is 3.24. The van der Waals surface area contributed by atoms with Crippen molar-refractivity contribution in [3.63, 3.8) is 0 Å². The number of aryl methyl sites for hydroxylation is 2. The Kier molecular flexibility index (Phi) is 7.36. The molecule has 1 heterocycles. The van der Waals surface area contributed by atoms with E-state index in [9.17, 15) is 18.0 Å². The molecule has 2 aromatic rings. The van der Waals surface area contributed by atoms with E-state index in [1.165, 1.54) is 5.56 Å². The molecule has 0 radical (unpaired) electrons. The molecule has 2 aliphatic rings. The number of carbonyl (C=O) groups excluding carboxylic acids is 2. The van der Waals surface area contributed by atoms with Crippen molar-refractivity contribution in [1.82, 2.24) is 10.2 Å². The van der Waals surface area contributed by atoms with Crippen LogP contribution in [0.15, 0.2) is 60.0 Å². The number of fused-ring (bicyclic) bond motifs is 1. The van der Waals surface area contributed by atoms with Gasteiger partial charge in [0.25, 0.3) is 15.9 Å². The molecule has 7 nitrogen and oxygen atoms in total. The second-order valence-electron chi connectivity index (χ2n) is 8.92. The quantitative estimate of drug-likeness (QED) is 0.592. The molecular weight excluding hydrogens is 450 g/mol. The monoisotopic (exact) mass is 481 g/mol. The Morgan fingerprint density at radius 3 is 2.35 bits per heavy atom. The van der Waals surface area contributed by atoms with E-state index in [-0.39, 0.29) is 22.6 Å². The first-order chi connectivity index (χ1) is 16.4. The fraction of sp³-hybridized carbons (Fsp3) is 0.385. The first-order valence-corrected chi connectivity index (χ1v) is 13.3. The first-order valence-electron chi connectivity index (χ1n) is 11.8. The van der Waals surface area contributed by atoms with Crippen molar-refractivity contribution in [2.45, 2.75) is 43.4 Å². The summed E-state index contributed by atoms with van der Waals surface area (Å²) in [6, 6.07) is 11.8. The van der Waals surface area contributed by atoms with Crippen LogP contribution in [-0.2, 0) is 27.7 Å². The highest BCUT2D eigenvalue weighted by Gasteiger charge is 2.27. The average molecular weight is 482 g/mol. The Labute approximate surface area is 201 Å². The maximum atomic E-state index is 12.9. The molecule has 0 spiro atoms. The molecule has 0 saturated carbocycles. The summed E-state index contributed by atoms with van der Waals surface area (Å²) in [6.45, 7) is 5.07. The standard InChI is InChI=1S/C26H31N3O4S/c1-2-15-27-25(30)20-13-16-29(17-14-20)26(31)21-7-10-23(11-8-21)28-34(32,33)24-12-9-19-5-3-4-6-22(19)18-24/h2,7-12,18,20,28H,1,3-6,13-17H2,(H,27,30). The largest absolute Gasteiger partial charge is 0.352 e. The maximum Gasteiger partial charge on any atom is 0.261 e. The predicted octanol–water partition coefficient (Wildman–Crippen LogP) is 3.52. The van der Waals surface area contributed by atoms with Gasteiger partial charge in [-0.3, -0.25) is 14.3 Å². The Morgan fingerprint density at radius 2 is 1.68 bits per heavy atom. The molecule has 0 atom stereocenters. The zero-order valence-electron chi connectivity index (χ0n) is 19.3. The molecule has 2 amide bonds. The van der Waals surface area contributed by atoms with Crippen molar-refractivity contribution >= 4 is 27.5 Å². The molecule has 0 unspecified atom stereocenters. The highest BCUT2D eigenvalue weighted by atomic mass is 32.2. The first kappa shape index (κ1) is 24.0. The van der Waals surface area contributed by atoms with E-state index in [4.69, 9.17) is 0 Å². The summed E-state index contributed by atoms with van der Waals surface area (Å²) < 4.78 is 28.4. The topological polar surface area (TPSA) is 95.6 Å². The van der Waals surface area contributed by atoms with Crippen LogP contribution in [0.3, 0.4) is 0 Å². The lowest BCUT2D eigenvalue weighted by Gasteiger charge is -2.31. The molecule has 2 N–H and O–H groups in total. The number of amides is 2. The fourth-order valence-corrected chi connectivity index (χ4v) is 5.73. The van der Waals surface area contributed by atoms with Crippen LogP contribution in [0.2, 0.25) is 0 Å². The third kappa shape index (κ3) is 5.50. The molecule has 0 aromatic heterocycles. The predicted molar refractivity (Wildman–Crippen MR) is 132 cm³/mol. The van der Waals surface area contributed by atoms with Crippen LogP contribution in [0.1, 0.15) is 47.2 Å². The van der Waals surface area contributed by atoms with E-state index in [1.807, 2.05) is 6.07 Å². The minimum absolute atomic E-state index is 0.00237. The number of benzene rings is 2. The SMILES string of the molecule is C=CCNC(=O)C1CCN(C(=O)c2ccc(NS(=O)(=O)c3ccc4c(c3)CCCC4)cc2)CC1. The Balaban J connectivity index is 1.36. The van der Waals surface area contributed by atoms with Gasteiger partial charge in [-0.05, 0) is 86.1 Å². The number of carbonyl (C=O) groups is 2. The van der Waals surface area contributed by atoms with E-state index < -0.39 is 10.0 Å². The van der Waals surface area contributed by atoms with E-state index in [2.05, 4.69) is 16.6 Å². The van der Waals surface area contributed by atoms with Gasteiger partial charge in [0.2, 0.25) is 5.91 Å². The molecule has 0 bridgehead atoms. The number of hydrogen-bond donors (Lipinski definition) is 2. The van der Waals surface area contributed by atoms with Crippen LogP contribution in [0.5, 0.6) is 0 Å². The normalized spacial score (nSPS) is 16.4. The van der Waals surface area contributed by atoms with Gasteiger partial charge in [-0.25, -0.2) is 8.42 Å². The van der Waals surface area contributed by atoms with Crippen molar-refractivity contribution in [2.24, 2.45) is 5.92 Å². The average Bonchev–Trinajstić information content (AvgIpc) is 2.87. The molecule has 1 aliphatic heterocycles. The van der Waals surface area contributed by atoms with Crippen LogP contribution < -0.4 is 10.0 Å². The van der Waals surface area contributed by atoms with E-state index in [0.717, 1.165) is 31.2 Å². The van der Waals surface area contributed by atoms with Crippen molar-refractivity contribution in [3.8, 4) is 0 Å². The van der Waals surface area contributed by atoms with Gasteiger partial charge in [0, 0.05) is 36.8 Å². The number of sulfonamides is 1. The molecule has 8 heteroatoms. The Morgan fingerprint density at radius 1 is 1.00 bits per heavy atom. The Hall–Kier alpha value is -3.13. The van der Waals surface area contributed by atoms with Gasteiger partial charge in [-0.15, -0.1) is 6.58 Å². The summed E-state index contributed by atoms with van der Waals surface area (Å²) in [5, 5.41) is 2.81. The molecule has 34 heavy (non-hydrogen) atoms. The lowest BCUT2D eigenvalue weighted by atomic mass is 9.92. The summed E-state index contributed by atoms with van der Waals surface area (Å²) in [4.78, 5) is 27.0. The van der Waals surface area contributed by atoms with E-state index in [0.29, 0.717) is 43.7 Å². The molecule has 4 rings (SSSR count). The minimum Gasteiger partial charge on any atom is -0.352 e. The zero-order chi connectivity index (χ0) is 24.1. The highest BCUT2D eigenvalue weighted by Crippen LogP contribution is 2.26. The number of hydrogen-bond acceptors (Lipinski definition) is 4. The number of piperidine rings is 1. The molecule has 2 aromatic carbocycles. The summed E-state index contributed by atoms with van der Waals surface area (Å²) >= 11 is 0. The van der Waals surface area contributed by atoms with Crippen molar-refractivity contribution < 1.29 is 18.0 Å². The Bertz CT molecular complexity index is 1170. The van der Waals surface area contributed by atoms with Crippen LogP contribution in [0.25, 0.3) is 0 Å². The number of rotatable bonds is 7. The van der Waals surface area contributed by atoms with Gasteiger partial charge in [0.1, 0.15) is 0 Å². The second kappa shape index (κ2) is 10.4. The van der Waals surface area contributed by atoms with Crippen LogP contribution in [0.4, 0.5) is 5.69 Å². The molecule has 180 valence electrons. The number of likely N-dealkylation sites (tertiary alicyclic amines) is 1.